The molecule has 1 aromatic rings. The van der Waals surface area contributed by atoms with E-state index in [4.69, 9.17) is 0 Å². The van der Waals surface area contributed by atoms with Gasteiger partial charge in [0.15, 0.2) is 0 Å². The molecule has 3 nitrogen and oxygen atoms in total. The molecule has 0 spiro atoms. The summed E-state index contributed by atoms with van der Waals surface area (Å²) in [4.78, 5) is 11.8. The van der Waals surface area contributed by atoms with Crippen LogP contribution in [0.15, 0.2) is 18.2 Å². The highest BCUT2D eigenvalue weighted by molar-refractivity contribution is 5.84. The van der Waals surface area contributed by atoms with Gasteiger partial charge in [-0.2, -0.15) is 13.2 Å². The van der Waals surface area contributed by atoms with E-state index in [0.717, 1.165) is 12.1 Å². The highest BCUT2D eigenvalue weighted by atomic mass is 19.4. The largest absolute Gasteiger partial charge is 0.419 e. The van der Waals surface area contributed by atoms with Gasteiger partial charge in [0.25, 0.3) is 0 Å². The summed E-state index contributed by atoms with van der Waals surface area (Å²) in [6.45, 7) is 6.88. The monoisotopic (exact) mass is 306 g/mol. The van der Waals surface area contributed by atoms with Crippen molar-refractivity contribution in [2.75, 3.05) is 5.32 Å². The van der Waals surface area contributed by atoms with Crippen LogP contribution in [0.25, 0.3) is 0 Å². The van der Waals surface area contributed by atoms with Gasteiger partial charge in [-0.05, 0) is 45.9 Å². The zero-order valence-corrected chi connectivity index (χ0v) is 12.2. The molecule has 1 unspecified atom stereocenters. The number of benzene rings is 1. The van der Waals surface area contributed by atoms with Gasteiger partial charge in [0.2, 0.25) is 5.91 Å². The second-order valence-corrected chi connectivity index (χ2v) is 5.80. The van der Waals surface area contributed by atoms with Crippen LogP contribution in [0.4, 0.5) is 23.2 Å². The molecule has 0 aliphatic heterocycles. The number of carbonyl (C=O) groups is 1. The van der Waals surface area contributed by atoms with E-state index in [0.29, 0.717) is 6.07 Å². The van der Waals surface area contributed by atoms with Crippen molar-refractivity contribution in [1.82, 2.24) is 5.32 Å². The number of alkyl halides is 3. The number of halogens is 4. The second kappa shape index (κ2) is 5.91. The van der Waals surface area contributed by atoms with Crippen LogP contribution in [0.5, 0.6) is 0 Å². The summed E-state index contributed by atoms with van der Waals surface area (Å²) in [6, 6.07) is 1.78. The number of anilines is 1. The van der Waals surface area contributed by atoms with Gasteiger partial charge in [0.1, 0.15) is 11.9 Å². The van der Waals surface area contributed by atoms with E-state index in [1.165, 1.54) is 6.92 Å². The maximum atomic E-state index is 13.2. The van der Waals surface area contributed by atoms with Crippen LogP contribution in [0.1, 0.15) is 33.3 Å². The first-order chi connectivity index (χ1) is 9.40. The van der Waals surface area contributed by atoms with Crippen molar-refractivity contribution in [2.24, 2.45) is 0 Å². The van der Waals surface area contributed by atoms with Crippen molar-refractivity contribution in [3.05, 3.63) is 29.6 Å². The fourth-order valence-electron chi connectivity index (χ4n) is 1.63. The van der Waals surface area contributed by atoms with Crippen LogP contribution in [0.3, 0.4) is 0 Å². The molecule has 0 aliphatic rings. The van der Waals surface area contributed by atoms with Gasteiger partial charge in [-0.25, -0.2) is 4.39 Å². The van der Waals surface area contributed by atoms with Crippen LogP contribution in [0.2, 0.25) is 0 Å². The smallest absolute Gasteiger partial charge is 0.374 e. The van der Waals surface area contributed by atoms with Gasteiger partial charge < -0.3 is 10.6 Å². The Morgan fingerprint density at radius 2 is 1.76 bits per heavy atom. The molecule has 2 N–H and O–H groups in total. The van der Waals surface area contributed by atoms with Crippen molar-refractivity contribution < 1.29 is 22.4 Å². The lowest BCUT2D eigenvalue weighted by molar-refractivity contribution is -0.139. The molecule has 1 rings (SSSR count). The topological polar surface area (TPSA) is 41.1 Å². The fourth-order valence-corrected chi connectivity index (χ4v) is 1.63. The average Bonchev–Trinajstić information content (AvgIpc) is 2.27. The third-order valence-electron chi connectivity index (χ3n) is 2.55. The summed E-state index contributed by atoms with van der Waals surface area (Å²) in [5.74, 6) is -1.71. The van der Waals surface area contributed by atoms with Gasteiger partial charge in [0.05, 0.1) is 5.56 Å². The van der Waals surface area contributed by atoms with E-state index in [-0.39, 0.29) is 11.6 Å². The van der Waals surface area contributed by atoms with Crippen LogP contribution >= 0.6 is 0 Å². The van der Waals surface area contributed by atoms with Crippen LogP contribution in [-0.2, 0) is 11.0 Å². The van der Waals surface area contributed by atoms with Crippen molar-refractivity contribution in [1.29, 1.82) is 0 Å². The lowest BCUT2D eigenvalue weighted by Crippen LogP contribution is -2.47. The van der Waals surface area contributed by atoms with Gasteiger partial charge in [-0.15, -0.1) is 0 Å². The molecule has 0 fully saturated rings. The van der Waals surface area contributed by atoms with E-state index in [1.807, 2.05) is 0 Å². The number of carbonyl (C=O) groups excluding carboxylic acids is 1. The van der Waals surface area contributed by atoms with Gasteiger partial charge in [0, 0.05) is 11.2 Å². The lowest BCUT2D eigenvalue weighted by Gasteiger charge is -2.24. The summed E-state index contributed by atoms with van der Waals surface area (Å²) in [5, 5.41) is 5.32. The predicted molar refractivity (Wildman–Crippen MR) is 72.4 cm³/mol. The highest BCUT2D eigenvalue weighted by Crippen LogP contribution is 2.33. The molecule has 0 aliphatic carbocycles. The molecule has 0 saturated carbocycles. The van der Waals surface area contributed by atoms with Gasteiger partial charge >= 0.3 is 6.18 Å². The van der Waals surface area contributed by atoms with Crippen LogP contribution in [-0.4, -0.2) is 17.5 Å². The van der Waals surface area contributed by atoms with Crippen molar-refractivity contribution in [3.63, 3.8) is 0 Å². The van der Waals surface area contributed by atoms with E-state index in [9.17, 15) is 22.4 Å². The maximum absolute atomic E-state index is 13.2. The van der Waals surface area contributed by atoms with Gasteiger partial charge in [-0.3, -0.25) is 4.79 Å². The Morgan fingerprint density at radius 3 is 2.24 bits per heavy atom. The minimum absolute atomic E-state index is 0.0280. The van der Waals surface area contributed by atoms with Gasteiger partial charge in [-0.1, -0.05) is 0 Å². The zero-order chi connectivity index (χ0) is 16.4. The SMILES string of the molecule is CC(Nc1ccc(F)c(C(F)(F)F)c1)C(=O)NC(C)(C)C. The first-order valence-electron chi connectivity index (χ1n) is 6.35. The molecule has 21 heavy (non-hydrogen) atoms. The number of amides is 1. The molecule has 0 saturated heterocycles. The Labute approximate surface area is 120 Å². The summed E-state index contributed by atoms with van der Waals surface area (Å²) in [7, 11) is 0. The molecule has 118 valence electrons. The first-order valence-corrected chi connectivity index (χ1v) is 6.35. The van der Waals surface area contributed by atoms with Crippen LogP contribution in [0, 0.1) is 5.82 Å². The van der Waals surface area contributed by atoms with E-state index in [1.54, 1.807) is 20.8 Å². The average molecular weight is 306 g/mol. The van der Waals surface area contributed by atoms with E-state index in [2.05, 4.69) is 10.6 Å². The minimum atomic E-state index is -4.78. The number of nitrogens with one attached hydrogen (secondary N) is 2. The second-order valence-electron chi connectivity index (χ2n) is 5.80. The van der Waals surface area contributed by atoms with Crippen molar-refractivity contribution in [3.8, 4) is 0 Å². The Hall–Kier alpha value is -1.79. The molecular weight excluding hydrogens is 288 g/mol. The highest BCUT2D eigenvalue weighted by Gasteiger charge is 2.34. The summed E-state index contributed by atoms with van der Waals surface area (Å²) in [6.07, 6.45) is -4.78. The molecule has 1 atom stereocenters. The molecule has 0 heterocycles. The molecule has 0 radical (unpaired) electrons. The normalized spacial score (nSPS) is 13.7. The summed E-state index contributed by atoms with van der Waals surface area (Å²) in [5.41, 5.74) is -1.79. The van der Waals surface area contributed by atoms with E-state index >= 15 is 0 Å². The van der Waals surface area contributed by atoms with Crippen LogP contribution < -0.4 is 10.6 Å². The van der Waals surface area contributed by atoms with Crippen molar-refractivity contribution in [2.45, 2.75) is 45.5 Å². The summed E-state index contributed by atoms with van der Waals surface area (Å²) >= 11 is 0. The fraction of sp³-hybridized carbons (Fsp3) is 0.500. The Morgan fingerprint density at radius 1 is 1.19 bits per heavy atom. The summed E-state index contributed by atoms with van der Waals surface area (Å²) < 4.78 is 51.0. The lowest BCUT2D eigenvalue weighted by atomic mass is 10.1. The minimum Gasteiger partial charge on any atom is -0.374 e. The quantitative estimate of drug-likeness (QED) is 0.838. The van der Waals surface area contributed by atoms with E-state index < -0.39 is 29.1 Å². The maximum Gasteiger partial charge on any atom is 0.419 e. The predicted octanol–water partition coefficient (Wildman–Crippen LogP) is 3.56. The molecule has 1 aromatic carbocycles. The Bertz CT molecular complexity index is 521. The zero-order valence-electron chi connectivity index (χ0n) is 12.2. The number of rotatable bonds is 3. The molecule has 0 aromatic heterocycles. The Kier molecular flexibility index (Phi) is 4.86. The first kappa shape index (κ1) is 17.3. The third-order valence-corrected chi connectivity index (χ3v) is 2.55. The number of hydrogen-bond acceptors (Lipinski definition) is 2. The third kappa shape index (κ3) is 5.24. The molecular formula is C14H18F4N2O. The number of hydrogen-bond donors (Lipinski definition) is 2. The molecule has 7 heteroatoms. The Balaban J connectivity index is 2.87. The molecule has 0 bridgehead atoms. The van der Waals surface area contributed by atoms with Crippen molar-refractivity contribution >= 4 is 11.6 Å². The molecule has 1 amide bonds. The standard InChI is InChI=1S/C14H18F4N2O/c1-8(12(21)20-13(2,3)4)19-9-5-6-11(15)10(7-9)14(16,17)18/h5-8,19H,1-4H3,(H,20,21).